The lowest BCUT2D eigenvalue weighted by atomic mass is 10.1. The van der Waals surface area contributed by atoms with Crippen LogP contribution >= 0.6 is 0 Å². The molecule has 0 fully saturated rings. The van der Waals surface area contributed by atoms with Gasteiger partial charge >= 0.3 is 0 Å². The van der Waals surface area contributed by atoms with E-state index in [0.717, 1.165) is 13.0 Å². The summed E-state index contributed by atoms with van der Waals surface area (Å²) in [4.78, 5) is 17.4. The van der Waals surface area contributed by atoms with Gasteiger partial charge in [0.15, 0.2) is 0 Å². The Bertz CT molecular complexity index is 364. The van der Waals surface area contributed by atoms with Gasteiger partial charge in [-0.2, -0.15) is 4.39 Å². The van der Waals surface area contributed by atoms with Crippen molar-refractivity contribution in [3.8, 4) is 0 Å². The Morgan fingerprint density at radius 1 is 1.47 bits per heavy atom. The van der Waals surface area contributed by atoms with E-state index in [0.29, 0.717) is 18.0 Å². The number of amides is 1. The number of rotatable bonds is 5. The third-order valence-corrected chi connectivity index (χ3v) is 2.87. The van der Waals surface area contributed by atoms with Gasteiger partial charge in [0.05, 0.1) is 5.56 Å². The van der Waals surface area contributed by atoms with Gasteiger partial charge in [-0.1, -0.05) is 20.3 Å². The van der Waals surface area contributed by atoms with Crippen molar-refractivity contribution in [2.24, 2.45) is 5.92 Å². The fourth-order valence-corrected chi connectivity index (χ4v) is 1.55. The molecule has 0 radical (unpaired) electrons. The molecule has 94 valence electrons. The van der Waals surface area contributed by atoms with Crippen molar-refractivity contribution >= 4 is 5.91 Å². The molecule has 0 bridgehead atoms. The largest absolute Gasteiger partial charge is 0.339 e. The van der Waals surface area contributed by atoms with Crippen molar-refractivity contribution in [1.29, 1.82) is 0 Å². The minimum Gasteiger partial charge on any atom is -0.339 e. The van der Waals surface area contributed by atoms with Gasteiger partial charge in [0.2, 0.25) is 5.95 Å². The molecule has 17 heavy (non-hydrogen) atoms. The van der Waals surface area contributed by atoms with Crippen molar-refractivity contribution < 1.29 is 9.18 Å². The number of aromatic nitrogens is 1. The van der Waals surface area contributed by atoms with Crippen molar-refractivity contribution in [2.45, 2.75) is 27.2 Å². The van der Waals surface area contributed by atoms with Crippen molar-refractivity contribution in [3.63, 3.8) is 0 Å². The van der Waals surface area contributed by atoms with Crippen LogP contribution in [0, 0.1) is 11.9 Å². The van der Waals surface area contributed by atoms with Gasteiger partial charge in [0.25, 0.3) is 5.91 Å². The summed E-state index contributed by atoms with van der Waals surface area (Å²) in [5, 5.41) is 0. The zero-order valence-electron chi connectivity index (χ0n) is 10.6. The molecule has 0 spiro atoms. The van der Waals surface area contributed by atoms with Crippen LogP contribution in [0.4, 0.5) is 4.39 Å². The van der Waals surface area contributed by atoms with Crippen LogP contribution in [0.2, 0.25) is 0 Å². The molecule has 4 heteroatoms. The summed E-state index contributed by atoms with van der Waals surface area (Å²) >= 11 is 0. The molecule has 1 aromatic rings. The predicted molar refractivity (Wildman–Crippen MR) is 65.2 cm³/mol. The zero-order chi connectivity index (χ0) is 12.8. The molecule has 0 aliphatic rings. The van der Waals surface area contributed by atoms with E-state index in [4.69, 9.17) is 0 Å². The highest BCUT2D eigenvalue weighted by Gasteiger charge is 2.16. The molecule has 3 nitrogen and oxygen atoms in total. The molecular weight excluding hydrogens is 219 g/mol. The zero-order valence-corrected chi connectivity index (χ0v) is 10.6. The third-order valence-electron chi connectivity index (χ3n) is 2.87. The summed E-state index contributed by atoms with van der Waals surface area (Å²) in [6.45, 7) is 7.53. The van der Waals surface area contributed by atoms with Crippen LogP contribution in [-0.4, -0.2) is 28.9 Å². The Balaban J connectivity index is 2.75. The van der Waals surface area contributed by atoms with E-state index in [1.807, 2.05) is 6.92 Å². The first-order valence-electron chi connectivity index (χ1n) is 5.99. The van der Waals surface area contributed by atoms with Crippen LogP contribution in [0.15, 0.2) is 18.3 Å². The normalized spacial score (nSPS) is 12.2. The average Bonchev–Trinajstić information content (AvgIpc) is 2.35. The first-order valence-corrected chi connectivity index (χ1v) is 5.99. The van der Waals surface area contributed by atoms with Crippen LogP contribution in [0.3, 0.4) is 0 Å². The maximum atomic E-state index is 12.7. The van der Waals surface area contributed by atoms with Gasteiger partial charge < -0.3 is 4.90 Å². The van der Waals surface area contributed by atoms with E-state index in [2.05, 4.69) is 18.8 Å². The van der Waals surface area contributed by atoms with Gasteiger partial charge in [0.1, 0.15) is 0 Å². The summed E-state index contributed by atoms with van der Waals surface area (Å²) in [6.07, 6.45) is 2.32. The molecule has 0 aliphatic heterocycles. The molecule has 1 atom stereocenters. The fraction of sp³-hybridized carbons (Fsp3) is 0.538. The van der Waals surface area contributed by atoms with E-state index in [9.17, 15) is 9.18 Å². The minimum absolute atomic E-state index is 0.0831. The SMILES string of the molecule is CCC(C)CN(CC)C(=O)c1ccc(F)nc1. The minimum atomic E-state index is -0.563. The second-order valence-electron chi connectivity index (χ2n) is 4.23. The first-order chi connectivity index (χ1) is 8.08. The molecule has 1 amide bonds. The molecule has 0 aromatic carbocycles. The molecule has 0 aliphatic carbocycles. The average molecular weight is 238 g/mol. The smallest absolute Gasteiger partial charge is 0.255 e. The Hall–Kier alpha value is -1.45. The topological polar surface area (TPSA) is 33.2 Å². The fourth-order valence-electron chi connectivity index (χ4n) is 1.55. The lowest BCUT2D eigenvalue weighted by Gasteiger charge is -2.24. The Morgan fingerprint density at radius 3 is 2.65 bits per heavy atom. The second-order valence-corrected chi connectivity index (χ2v) is 4.23. The lowest BCUT2D eigenvalue weighted by molar-refractivity contribution is 0.0740. The number of hydrogen-bond acceptors (Lipinski definition) is 2. The number of pyridine rings is 1. The maximum Gasteiger partial charge on any atom is 0.255 e. The van der Waals surface area contributed by atoms with E-state index < -0.39 is 5.95 Å². The van der Waals surface area contributed by atoms with Gasteiger partial charge in [-0.15, -0.1) is 0 Å². The van der Waals surface area contributed by atoms with Crippen LogP contribution < -0.4 is 0 Å². The molecule has 1 aromatic heterocycles. The quantitative estimate of drug-likeness (QED) is 0.739. The van der Waals surface area contributed by atoms with Gasteiger partial charge in [0, 0.05) is 19.3 Å². The standard InChI is InChI=1S/C13H19FN2O/c1-4-10(3)9-16(5-2)13(17)11-6-7-12(14)15-8-11/h6-8,10H,4-5,9H2,1-3H3. The van der Waals surface area contributed by atoms with Crippen LogP contribution in [0.25, 0.3) is 0 Å². The van der Waals surface area contributed by atoms with E-state index in [1.54, 1.807) is 4.90 Å². The van der Waals surface area contributed by atoms with Crippen LogP contribution in [0.5, 0.6) is 0 Å². The lowest BCUT2D eigenvalue weighted by Crippen LogP contribution is -2.34. The summed E-state index contributed by atoms with van der Waals surface area (Å²) in [7, 11) is 0. The third kappa shape index (κ3) is 3.80. The van der Waals surface area contributed by atoms with Gasteiger partial charge in [-0.3, -0.25) is 4.79 Å². The molecule has 1 heterocycles. The Kier molecular flexibility index (Phi) is 5.07. The monoisotopic (exact) mass is 238 g/mol. The number of carbonyl (C=O) groups excluding carboxylic acids is 1. The number of carbonyl (C=O) groups is 1. The first kappa shape index (κ1) is 13.6. The number of hydrogen-bond donors (Lipinski definition) is 0. The highest BCUT2D eigenvalue weighted by Crippen LogP contribution is 2.09. The highest BCUT2D eigenvalue weighted by molar-refractivity contribution is 5.93. The van der Waals surface area contributed by atoms with Crippen LogP contribution in [0.1, 0.15) is 37.6 Å². The van der Waals surface area contributed by atoms with E-state index in [1.165, 1.54) is 18.3 Å². The van der Waals surface area contributed by atoms with Gasteiger partial charge in [-0.05, 0) is 25.0 Å². The molecular formula is C13H19FN2O. The highest BCUT2D eigenvalue weighted by atomic mass is 19.1. The van der Waals surface area contributed by atoms with Gasteiger partial charge in [-0.25, -0.2) is 4.98 Å². The van der Waals surface area contributed by atoms with Crippen LogP contribution in [-0.2, 0) is 0 Å². The maximum absolute atomic E-state index is 12.7. The number of halogens is 1. The van der Waals surface area contributed by atoms with E-state index in [-0.39, 0.29) is 5.91 Å². The van der Waals surface area contributed by atoms with Crippen molar-refractivity contribution in [1.82, 2.24) is 9.88 Å². The molecule has 0 saturated heterocycles. The molecule has 1 unspecified atom stereocenters. The Labute approximate surface area is 102 Å². The van der Waals surface area contributed by atoms with Crippen molar-refractivity contribution in [3.05, 3.63) is 29.8 Å². The van der Waals surface area contributed by atoms with E-state index >= 15 is 0 Å². The van der Waals surface area contributed by atoms with Crippen molar-refractivity contribution in [2.75, 3.05) is 13.1 Å². The number of nitrogens with zero attached hydrogens (tertiary/aromatic N) is 2. The predicted octanol–water partition coefficient (Wildman–Crippen LogP) is 2.73. The second kappa shape index (κ2) is 6.33. The Morgan fingerprint density at radius 2 is 2.18 bits per heavy atom. The summed E-state index contributed by atoms with van der Waals surface area (Å²) in [5.41, 5.74) is 0.441. The molecule has 1 rings (SSSR count). The molecule has 0 N–H and O–H groups in total. The summed E-state index contributed by atoms with van der Waals surface area (Å²) in [5.74, 6) is -0.181. The summed E-state index contributed by atoms with van der Waals surface area (Å²) in [6, 6.07) is 2.69. The summed E-state index contributed by atoms with van der Waals surface area (Å²) < 4.78 is 12.7. The molecule has 0 saturated carbocycles.